The SMILES string of the molecule is CC(CC(=O)O)C1CS(=O)(=O)C1. The van der Waals surface area contributed by atoms with Crippen molar-refractivity contribution in [3.05, 3.63) is 0 Å². The van der Waals surface area contributed by atoms with Gasteiger partial charge in [0.15, 0.2) is 9.84 Å². The fraction of sp³-hybridized carbons (Fsp3) is 0.857. The van der Waals surface area contributed by atoms with Gasteiger partial charge in [-0.15, -0.1) is 0 Å². The molecule has 1 fully saturated rings. The van der Waals surface area contributed by atoms with Crippen molar-refractivity contribution in [2.45, 2.75) is 13.3 Å². The van der Waals surface area contributed by atoms with Crippen LogP contribution in [0.2, 0.25) is 0 Å². The molecule has 0 aromatic rings. The van der Waals surface area contributed by atoms with Crippen LogP contribution in [0.1, 0.15) is 13.3 Å². The third-order valence-corrected chi connectivity index (χ3v) is 4.11. The zero-order valence-electron chi connectivity index (χ0n) is 6.86. The maximum atomic E-state index is 10.7. The molecule has 0 spiro atoms. The summed E-state index contributed by atoms with van der Waals surface area (Å²) in [6, 6.07) is 0. The van der Waals surface area contributed by atoms with Gasteiger partial charge in [-0.1, -0.05) is 6.92 Å². The molecule has 70 valence electrons. The second kappa shape index (κ2) is 3.05. The van der Waals surface area contributed by atoms with E-state index in [1.165, 1.54) is 0 Å². The Morgan fingerprint density at radius 2 is 2.08 bits per heavy atom. The lowest BCUT2D eigenvalue weighted by Crippen LogP contribution is -2.40. The van der Waals surface area contributed by atoms with Gasteiger partial charge in [-0.25, -0.2) is 8.42 Å². The van der Waals surface area contributed by atoms with Crippen LogP contribution in [0, 0.1) is 11.8 Å². The highest BCUT2D eigenvalue weighted by molar-refractivity contribution is 7.92. The molecular formula is C7H12O4S. The number of carboxylic acid groups (broad SMARTS) is 1. The summed E-state index contributed by atoms with van der Waals surface area (Å²) < 4.78 is 21.5. The van der Waals surface area contributed by atoms with E-state index in [9.17, 15) is 13.2 Å². The number of carboxylic acids is 1. The van der Waals surface area contributed by atoms with Crippen LogP contribution in [0.4, 0.5) is 0 Å². The molecule has 1 heterocycles. The van der Waals surface area contributed by atoms with Crippen molar-refractivity contribution in [2.24, 2.45) is 11.8 Å². The highest BCUT2D eigenvalue weighted by Gasteiger charge is 2.37. The van der Waals surface area contributed by atoms with Gasteiger partial charge >= 0.3 is 5.97 Å². The van der Waals surface area contributed by atoms with Crippen LogP contribution in [0.3, 0.4) is 0 Å². The van der Waals surface area contributed by atoms with Crippen molar-refractivity contribution < 1.29 is 18.3 Å². The normalized spacial score (nSPS) is 24.4. The van der Waals surface area contributed by atoms with Crippen molar-refractivity contribution in [2.75, 3.05) is 11.5 Å². The molecule has 0 radical (unpaired) electrons. The lowest BCUT2D eigenvalue weighted by molar-refractivity contribution is -0.138. The van der Waals surface area contributed by atoms with Crippen LogP contribution in [0.15, 0.2) is 0 Å². The first-order valence-corrected chi connectivity index (χ1v) is 5.65. The lowest BCUT2D eigenvalue weighted by Gasteiger charge is -2.30. The van der Waals surface area contributed by atoms with Gasteiger partial charge in [-0.3, -0.25) is 4.79 Å². The summed E-state index contributed by atoms with van der Waals surface area (Å²) in [6.45, 7) is 1.79. The molecule has 12 heavy (non-hydrogen) atoms. The first kappa shape index (κ1) is 9.51. The molecule has 4 nitrogen and oxygen atoms in total. The molecule has 1 rings (SSSR count). The summed E-state index contributed by atoms with van der Waals surface area (Å²) >= 11 is 0. The third-order valence-electron chi connectivity index (χ3n) is 2.24. The highest BCUT2D eigenvalue weighted by atomic mass is 32.2. The maximum Gasteiger partial charge on any atom is 0.303 e. The van der Waals surface area contributed by atoms with Crippen LogP contribution < -0.4 is 0 Å². The highest BCUT2D eigenvalue weighted by Crippen LogP contribution is 2.27. The second-order valence-corrected chi connectivity index (χ2v) is 5.57. The minimum Gasteiger partial charge on any atom is -0.481 e. The molecule has 0 aromatic carbocycles. The summed E-state index contributed by atoms with van der Waals surface area (Å²) in [7, 11) is -2.80. The standard InChI is InChI=1S/C7H12O4S/c1-5(2-7(8)9)6-3-12(10,11)4-6/h5-6H,2-4H2,1H3,(H,8,9). The Kier molecular flexibility index (Phi) is 2.41. The Morgan fingerprint density at radius 1 is 1.58 bits per heavy atom. The first-order valence-electron chi connectivity index (χ1n) is 3.83. The van der Waals surface area contributed by atoms with Gasteiger partial charge in [0.25, 0.3) is 0 Å². The Balaban J connectivity index is 2.38. The molecule has 0 saturated carbocycles. The number of hydrogen-bond donors (Lipinski definition) is 1. The molecule has 1 aliphatic heterocycles. The van der Waals surface area contributed by atoms with E-state index >= 15 is 0 Å². The van der Waals surface area contributed by atoms with E-state index in [0.29, 0.717) is 0 Å². The van der Waals surface area contributed by atoms with Gasteiger partial charge in [-0.05, 0) is 11.8 Å². The van der Waals surface area contributed by atoms with Crippen molar-refractivity contribution in [1.29, 1.82) is 0 Å². The van der Waals surface area contributed by atoms with Gasteiger partial charge in [-0.2, -0.15) is 0 Å². The molecule has 0 amide bonds. The molecule has 1 N–H and O–H groups in total. The molecule has 1 aliphatic rings. The van der Waals surface area contributed by atoms with Gasteiger partial charge in [0.05, 0.1) is 11.5 Å². The van der Waals surface area contributed by atoms with E-state index in [-0.39, 0.29) is 29.8 Å². The number of aliphatic carboxylic acids is 1. The predicted octanol–water partition coefficient (Wildman–Crippen LogP) is 0.142. The van der Waals surface area contributed by atoms with Crippen LogP contribution in [-0.4, -0.2) is 31.0 Å². The average Bonchev–Trinajstić information content (AvgIpc) is 1.80. The lowest BCUT2D eigenvalue weighted by atomic mass is 9.94. The predicted molar refractivity (Wildman–Crippen MR) is 43.6 cm³/mol. The first-order chi connectivity index (χ1) is 5.41. The number of hydrogen-bond acceptors (Lipinski definition) is 3. The quantitative estimate of drug-likeness (QED) is 0.690. The van der Waals surface area contributed by atoms with Crippen LogP contribution in [0.25, 0.3) is 0 Å². The van der Waals surface area contributed by atoms with Crippen LogP contribution in [0.5, 0.6) is 0 Å². The summed E-state index contributed by atoms with van der Waals surface area (Å²) in [5, 5.41) is 8.43. The van der Waals surface area contributed by atoms with Gasteiger partial charge in [0, 0.05) is 6.42 Å². The van der Waals surface area contributed by atoms with Crippen molar-refractivity contribution in [3.63, 3.8) is 0 Å². The Bertz CT molecular complexity index is 268. The monoisotopic (exact) mass is 192 g/mol. The van der Waals surface area contributed by atoms with Gasteiger partial charge in [0.2, 0.25) is 0 Å². The topological polar surface area (TPSA) is 71.4 Å². The largest absolute Gasteiger partial charge is 0.481 e. The van der Waals surface area contributed by atoms with Crippen molar-refractivity contribution in [3.8, 4) is 0 Å². The maximum absolute atomic E-state index is 10.7. The summed E-state index contributed by atoms with van der Waals surface area (Å²) in [4.78, 5) is 10.3. The average molecular weight is 192 g/mol. The second-order valence-electron chi connectivity index (χ2n) is 3.41. The molecule has 0 aromatic heterocycles. The van der Waals surface area contributed by atoms with Crippen molar-refractivity contribution in [1.82, 2.24) is 0 Å². The fourth-order valence-corrected chi connectivity index (χ4v) is 3.24. The molecular weight excluding hydrogens is 180 g/mol. The Morgan fingerprint density at radius 3 is 2.42 bits per heavy atom. The van der Waals surface area contributed by atoms with E-state index in [1.807, 2.05) is 0 Å². The van der Waals surface area contributed by atoms with E-state index in [4.69, 9.17) is 5.11 Å². The summed E-state index contributed by atoms with van der Waals surface area (Å²) in [5.41, 5.74) is 0. The van der Waals surface area contributed by atoms with Gasteiger partial charge < -0.3 is 5.11 Å². The molecule has 0 bridgehead atoms. The zero-order valence-corrected chi connectivity index (χ0v) is 7.67. The van der Waals surface area contributed by atoms with Gasteiger partial charge in [0.1, 0.15) is 0 Å². The van der Waals surface area contributed by atoms with Crippen LogP contribution >= 0.6 is 0 Å². The summed E-state index contributed by atoms with van der Waals surface area (Å²) in [6.07, 6.45) is 0.0696. The smallest absolute Gasteiger partial charge is 0.303 e. The van der Waals surface area contributed by atoms with E-state index in [0.717, 1.165) is 0 Å². The molecule has 1 unspecified atom stereocenters. The molecule has 1 saturated heterocycles. The van der Waals surface area contributed by atoms with E-state index < -0.39 is 15.8 Å². The Labute approximate surface area is 71.5 Å². The minimum absolute atomic E-state index is 0.0222. The molecule has 0 aliphatic carbocycles. The minimum atomic E-state index is -2.80. The molecule has 1 atom stereocenters. The number of sulfone groups is 1. The summed E-state index contributed by atoms with van der Waals surface area (Å²) in [5.74, 6) is -0.480. The Hall–Kier alpha value is -0.580. The van der Waals surface area contributed by atoms with E-state index in [2.05, 4.69) is 0 Å². The third kappa shape index (κ3) is 2.20. The zero-order chi connectivity index (χ0) is 9.35. The number of rotatable bonds is 3. The van der Waals surface area contributed by atoms with Crippen LogP contribution in [-0.2, 0) is 14.6 Å². The fourth-order valence-electron chi connectivity index (χ4n) is 1.37. The van der Waals surface area contributed by atoms with E-state index in [1.54, 1.807) is 6.92 Å². The van der Waals surface area contributed by atoms with Crippen molar-refractivity contribution >= 4 is 15.8 Å². The molecule has 5 heteroatoms. The number of carbonyl (C=O) groups is 1.